The fourth-order valence-electron chi connectivity index (χ4n) is 4.07. The Bertz CT molecular complexity index is 1290. The van der Waals surface area contributed by atoms with Gasteiger partial charge in [-0.2, -0.15) is 0 Å². The Morgan fingerprint density at radius 2 is 1.13 bits per heavy atom. The zero-order valence-corrected chi connectivity index (χ0v) is 16.3. The third-order valence-corrected chi connectivity index (χ3v) is 5.43. The molecule has 4 aromatic carbocycles. The SMILES string of the molecule is OB(O)c1ccc(-n2c(-c3ccccc3)c(-c3ccccc3)c3ccccc32)cc1. The number of fused-ring (bicyclic) bond motifs is 1. The predicted molar refractivity (Wildman–Crippen MR) is 124 cm³/mol. The van der Waals surface area contributed by atoms with Crippen molar-refractivity contribution in [3.05, 3.63) is 109 Å². The topological polar surface area (TPSA) is 45.4 Å². The van der Waals surface area contributed by atoms with Gasteiger partial charge in [-0.3, -0.25) is 0 Å². The maximum atomic E-state index is 9.49. The number of hydrogen-bond acceptors (Lipinski definition) is 2. The molecule has 0 spiro atoms. The second-order valence-electron chi connectivity index (χ2n) is 7.27. The molecule has 2 N–H and O–H groups in total. The number of aromatic nitrogens is 1. The number of benzene rings is 4. The monoisotopic (exact) mass is 389 g/mol. The van der Waals surface area contributed by atoms with Crippen molar-refractivity contribution in [3.63, 3.8) is 0 Å². The lowest BCUT2D eigenvalue weighted by Crippen LogP contribution is -2.29. The smallest absolute Gasteiger partial charge is 0.423 e. The molecule has 0 aliphatic rings. The summed E-state index contributed by atoms with van der Waals surface area (Å²) in [4.78, 5) is 0. The summed E-state index contributed by atoms with van der Waals surface area (Å²) < 4.78 is 2.25. The summed E-state index contributed by atoms with van der Waals surface area (Å²) in [6.45, 7) is 0. The summed E-state index contributed by atoms with van der Waals surface area (Å²) >= 11 is 0. The molecular formula is C26H20BNO2. The summed E-state index contributed by atoms with van der Waals surface area (Å²) in [6, 6.07) is 36.6. The standard InChI is InChI=1S/C26H20BNO2/c29-27(30)21-15-17-22(18-16-21)28-24-14-8-7-13-23(24)25(19-9-3-1-4-10-19)26(28)20-11-5-2-6-12-20/h1-18,29-30H. The maximum absolute atomic E-state index is 9.49. The third-order valence-electron chi connectivity index (χ3n) is 5.43. The van der Waals surface area contributed by atoms with E-state index in [0.29, 0.717) is 5.46 Å². The summed E-state index contributed by atoms with van der Waals surface area (Å²) in [5.74, 6) is 0. The minimum absolute atomic E-state index is 0.472. The lowest BCUT2D eigenvalue weighted by molar-refractivity contribution is 0.426. The molecule has 5 aromatic rings. The lowest BCUT2D eigenvalue weighted by Gasteiger charge is -2.14. The van der Waals surface area contributed by atoms with E-state index in [1.165, 1.54) is 10.9 Å². The van der Waals surface area contributed by atoms with Crippen LogP contribution in [0.1, 0.15) is 0 Å². The molecule has 5 rings (SSSR count). The Morgan fingerprint density at radius 1 is 0.567 bits per heavy atom. The van der Waals surface area contributed by atoms with Crippen LogP contribution in [0.15, 0.2) is 109 Å². The Hall–Kier alpha value is -3.60. The van der Waals surface area contributed by atoms with Gasteiger partial charge in [-0.05, 0) is 34.8 Å². The van der Waals surface area contributed by atoms with Crippen LogP contribution in [0.2, 0.25) is 0 Å². The third kappa shape index (κ3) is 3.13. The minimum Gasteiger partial charge on any atom is -0.423 e. The molecule has 3 nitrogen and oxygen atoms in total. The van der Waals surface area contributed by atoms with E-state index < -0.39 is 7.12 Å². The highest BCUT2D eigenvalue weighted by molar-refractivity contribution is 6.58. The summed E-state index contributed by atoms with van der Waals surface area (Å²) in [7, 11) is -1.48. The molecule has 4 heteroatoms. The fourth-order valence-corrected chi connectivity index (χ4v) is 4.07. The van der Waals surface area contributed by atoms with Gasteiger partial charge in [-0.25, -0.2) is 0 Å². The normalized spacial score (nSPS) is 11.0. The van der Waals surface area contributed by atoms with E-state index in [0.717, 1.165) is 28.0 Å². The average molecular weight is 389 g/mol. The van der Waals surface area contributed by atoms with Gasteiger partial charge in [0.05, 0.1) is 11.2 Å². The van der Waals surface area contributed by atoms with E-state index in [2.05, 4.69) is 71.3 Å². The summed E-state index contributed by atoms with van der Waals surface area (Å²) in [6.07, 6.45) is 0. The van der Waals surface area contributed by atoms with Crippen molar-refractivity contribution in [3.8, 4) is 28.1 Å². The summed E-state index contributed by atoms with van der Waals surface area (Å²) in [5, 5.41) is 20.2. The van der Waals surface area contributed by atoms with Gasteiger partial charge in [0.25, 0.3) is 0 Å². The van der Waals surface area contributed by atoms with Crippen molar-refractivity contribution in [1.82, 2.24) is 4.57 Å². The molecular weight excluding hydrogens is 369 g/mol. The van der Waals surface area contributed by atoms with Crippen LogP contribution in [0.5, 0.6) is 0 Å². The number of hydrogen-bond donors (Lipinski definition) is 2. The van der Waals surface area contributed by atoms with Crippen molar-refractivity contribution in [2.75, 3.05) is 0 Å². The van der Waals surface area contributed by atoms with Gasteiger partial charge in [0.2, 0.25) is 0 Å². The molecule has 0 amide bonds. The van der Waals surface area contributed by atoms with Crippen LogP contribution in [0.4, 0.5) is 0 Å². The highest BCUT2D eigenvalue weighted by atomic mass is 16.4. The second kappa shape index (κ2) is 7.67. The number of para-hydroxylation sites is 1. The van der Waals surface area contributed by atoms with Gasteiger partial charge in [0.15, 0.2) is 0 Å². The molecule has 144 valence electrons. The van der Waals surface area contributed by atoms with E-state index in [-0.39, 0.29) is 0 Å². The molecule has 0 aliphatic heterocycles. The molecule has 0 aliphatic carbocycles. The summed E-state index contributed by atoms with van der Waals surface area (Å²) in [5.41, 5.74) is 7.13. The number of nitrogens with zero attached hydrogens (tertiary/aromatic N) is 1. The van der Waals surface area contributed by atoms with Crippen LogP contribution >= 0.6 is 0 Å². The van der Waals surface area contributed by atoms with E-state index in [9.17, 15) is 10.0 Å². The molecule has 1 aromatic heterocycles. The van der Waals surface area contributed by atoms with Gasteiger partial charge in [0.1, 0.15) is 0 Å². The molecule has 0 atom stereocenters. The van der Waals surface area contributed by atoms with Crippen molar-refractivity contribution in [1.29, 1.82) is 0 Å². The van der Waals surface area contributed by atoms with Crippen molar-refractivity contribution < 1.29 is 10.0 Å². The Morgan fingerprint density at radius 3 is 1.77 bits per heavy atom. The van der Waals surface area contributed by atoms with Gasteiger partial charge < -0.3 is 14.6 Å². The predicted octanol–water partition coefficient (Wildman–Crippen LogP) is 4.64. The average Bonchev–Trinajstić information content (AvgIpc) is 3.15. The van der Waals surface area contributed by atoms with Crippen LogP contribution in [-0.2, 0) is 0 Å². The van der Waals surface area contributed by atoms with Crippen LogP contribution in [0.3, 0.4) is 0 Å². The Kier molecular flexibility index (Phi) is 4.72. The molecule has 1 heterocycles. The molecule has 0 saturated carbocycles. The highest BCUT2D eigenvalue weighted by Crippen LogP contribution is 2.42. The number of rotatable bonds is 4. The zero-order chi connectivity index (χ0) is 20.5. The van der Waals surface area contributed by atoms with Crippen LogP contribution in [0, 0.1) is 0 Å². The first-order chi connectivity index (χ1) is 14.7. The molecule has 30 heavy (non-hydrogen) atoms. The van der Waals surface area contributed by atoms with Gasteiger partial charge in [-0.15, -0.1) is 0 Å². The fraction of sp³-hybridized carbons (Fsp3) is 0. The largest absolute Gasteiger partial charge is 0.488 e. The molecule has 0 radical (unpaired) electrons. The maximum Gasteiger partial charge on any atom is 0.488 e. The van der Waals surface area contributed by atoms with E-state index in [4.69, 9.17) is 0 Å². The van der Waals surface area contributed by atoms with Gasteiger partial charge in [-0.1, -0.05) is 91.0 Å². The second-order valence-corrected chi connectivity index (χ2v) is 7.27. The van der Waals surface area contributed by atoms with E-state index in [1.54, 1.807) is 12.1 Å². The van der Waals surface area contributed by atoms with E-state index in [1.807, 2.05) is 30.3 Å². The minimum atomic E-state index is -1.48. The zero-order valence-electron chi connectivity index (χ0n) is 16.3. The highest BCUT2D eigenvalue weighted by Gasteiger charge is 2.21. The van der Waals surface area contributed by atoms with Gasteiger partial charge >= 0.3 is 7.12 Å². The molecule has 0 bridgehead atoms. The van der Waals surface area contributed by atoms with Crippen molar-refractivity contribution in [2.24, 2.45) is 0 Å². The molecule has 0 unspecified atom stereocenters. The molecule has 0 saturated heterocycles. The van der Waals surface area contributed by atoms with Crippen molar-refractivity contribution in [2.45, 2.75) is 0 Å². The Labute approximate surface area is 175 Å². The van der Waals surface area contributed by atoms with E-state index >= 15 is 0 Å². The first-order valence-electron chi connectivity index (χ1n) is 9.95. The van der Waals surface area contributed by atoms with Crippen LogP contribution in [-0.4, -0.2) is 21.7 Å². The molecule has 0 fully saturated rings. The van der Waals surface area contributed by atoms with Gasteiger partial charge in [0, 0.05) is 16.6 Å². The Balaban J connectivity index is 1.88. The first kappa shape index (κ1) is 18.4. The lowest BCUT2D eigenvalue weighted by atomic mass is 9.80. The van der Waals surface area contributed by atoms with Crippen molar-refractivity contribution >= 4 is 23.5 Å². The quantitative estimate of drug-likeness (QED) is 0.440. The first-order valence-corrected chi connectivity index (χ1v) is 9.95. The van der Waals surface area contributed by atoms with Crippen LogP contribution < -0.4 is 5.46 Å². The van der Waals surface area contributed by atoms with Crippen LogP contribution in [0.25, 0.3) is 39.0 Å².